The smallest absolute Gasteiger partial charge is 0.343 e. The summed E-state index contributed by atoms with van der Waals surface area (Å²) in [5, 5.41) is 9.97. The van der Waals surface area contributed by atoms with Gasteiger partial charge in [-0.15, -0.1) is 0 Å². The number of allylic oxidation sites excluding steroid dienone is 1. The lowest BCUT2D eigenvalue weighted by molar-refractivity contribution is -0.143. The molecule has 0 radical (unpaired) electrons. The molecule has 0 amide bonds. The molecule has 0 aromatic rings. The van der Waals surface area contributed by atoms with Gasteiger partial charge in [-0.1, -0.05) is 6.92 Å². The Morgan fingerprint density at radius 1 is 1.59 bits per heavy atom. The molecule has 1 N–H and O–H groups in total. The highest BCUT2D eigenvalue weighted by atomic mass is 16.5. The van der Waals surface area contributed by atoms with Crippen LogP contribution < -0.4 is 0 Å². The number of ether oxygens (including phenoxy) is 1. The van der Waals surface area contributed by atoms with Gasteiger partial charge >= 0.3 is 5.97 Å². The minimum absolute atomic E-state index is 0.141. The van der Waals surface area contributed by atoms with Crippen molar-refractivity contribution in [3.05, 3.63) is 11.3 Å². The van der Waals surface area contributed by atoms with E-state index in [2.05, 4.69) is 0 Å². The number of Topliss-reactive ketones (excluding diaryl/α,β-unsaturated/α-hetero) is 1. The van der Waals surface area contributed by atoms with E-state index in [0.717, 1.165) is 6.42 Å². The van der Waals surface area contributed by atoms with E-state index in [1.807, 2.05) is 0 Å². The van der Waals surface area contributed by atoms with Crippen molar-refractivity contribution in [1.82, 2.24) is 4.90 Å². The minimum atomic E-state index is -0.807. The van der Waals surface area contributed by atoms with Gasteiger partial charge in [0.15, 0.2) is 5.78 Å². The van der Waals surface area contributed by atoms with Gasteiger partial charge in [0.1, 0.15) is 11.8 Å². The Morgan fingerprint density at radius 2 is 2.29 bits per heavy atom. The molecule has 2 aliphatic heterocycles. The Kier molecular flexibility index (Phi) is 3.19. The monoisotopic (exact) mass is 239 g/mol. The molecule has 17 heavy (non-hydrogen) atoms. The first kappa shape index (κ1) is 12.1. The Balaban J connectivity index is 2.41. The Bertz CT molecular complexity index is 388. The zero-order chi connectivity index (χ0) is 12.6. The number of hydrogen-bond acceptors (Lipinski definition) is 5. The highest BCUT2D eigenvalue weighted by molar-refractivity contribution is 6.19. The number of nitrogens with zero attached hydrogens (tertiary/aromatic N) is 1. The van der Waals surface area contributed by atoms with Crippen LogP contribution in [-0.4, -0.2) is 41.1 Å². The molecule has 94 valence electrons. The second kappa shape index (κ2) is 4.49. The number of esters is 1. The van der Waals surface area contributed by atoms with E-state index in [-0.39, 0.29) is 18.0 Å². The van der Waals surface area contributed by atoms with Crippen molar-refractivity contribution in [3.63, 3.8) is 0 Å². The molecule has 5 nitrogen and oxygen atoms in total. The molecule has 1 saturated heterocycles. The SMILES string of the molecule is CCOC(=O)C1=C2CCCN2C(O)C(C)C1=O. The highest BCUT2D eigenvalue weighted by Gasteiger charge is 2.43. The van der Waals surface area contributed by atoms with Crippen molar-refractivity contribution in [2.24, 2.45) is 5.92 Å². The molecule has 0 aromatic heterocycles. The van der Waals surface area contributed by atoms with E-state index >= 15 is 0 Å². The molecule has 2 unspecified atom stereocenters. The summed E-state index contributed by atoms with van der Waals surface area (Å²) in [7, 11) is 0. The number of rotatable bonds is 2. The number of aliphatic hydroxyl groups excluding tert-OH is 1. The van der Waals surface area contributed by atoms with Crippen molar-refractivity contribution < 1.29 is 19.4 Å². The van der Waals surface area contributed by atoms with Gasteiger partial charge in [-0.05, 0) is 19.8 Å². The fourth-order valence-electron chi connectivity index (χ4n) is 2.45. The summed E-state index contributed by atoms with van der Waals surface area (Å²) in [6.07, 6.45) is 0.706. The van der Waals surface area contributed by atoms with E-state index in [4.69, 9.17) is 4.74 Å². The van der Waals surface area contributed by atoms with Gasteiger partial charge < -0.3 is 14.7 Å². The van der Waals surface area contributed by atoms with E-state index in [0.29, 0.717) is 18.7 Å². The molecule has 0 aliphatic carbocycles. The van der Waals surface area contributed by atoms with Crippen molar-refractivity contribution >= 4 is 11.8 Å². The van der Waals surface area contributed by atoms with E-state index in [1.165, 1.54) is 0 Å². The average molecular weight is 239 g/mol. The molecule has 2 heterocycles. The maximum absolute atomic E-state index is 12.0. The van der Waals surface area contributed by atoms with Crippen LogP contribution in [-0.2, 0) is 14.3 Å². The van der Waals surface area contributed by atoms with Crippen LogP contribution >= 0.6 is 0 Å². The normalized spacial score (nSPS) is 28.4. The van der Waals surface area contributed by atoms with Crippen LogP contribution in [0.3, 0.4) is 0 Å². The summed E-state index contributed by atoms with van der Waals surface area (Å²) in [5.41, 5.74) is 0.793. The van der Waals surface area contributed by atoms with Gasteiger partial charge in [0.25, 0.3) is 0 Å². The fraction of sp³-hybridized carbons (Fsp3) is 0.667. The first-order valence-corrected chi connectivity index (χ1v) is 5.97. The van der Waals surface area contributed by atoms with E-state index in [1.54, 1.807) is 18.7 Å². The summed E-state index contributed by atoms with van der Waals surface area (Å²) in [4.78, 5) is 25.6. The zero-order valence-corrected chi connectivity index (χ0v) is 10.1. The fourth-order valence-corrected chi connectivity index (χ4v) is 2.45. The predicted octanol–water partition coefficient (Wildman–Crippen LogP) is 0.437. The third-order valence-electron chi connectivity index (χ3n) is 3.35. The number of carbonyl (C=O) groups is 2. The van der Waals surface area contributed by atoms with Gasteiger partial charge in [-0.25, -0.2) is 4.79 Å². The number of ketones is 1. The first-order chi connectivity index (χ1) is 8.07. The molecular weight excluding hydrogens is 222 g/mol. The standard InChI is InChI=1S/C12H17NO4/c1-3-17-12(16)9-8-5-4-6-13(8)11(15)7(2)10(9)14/h7,11,15H,3-6H2,1-2H3. The molecule has 0 bridgehead atoms. The summed E-state index contributed by atoms with van der Waals surface area (Å²) in [5.74, 6) is -1.43. The van der Waals surface area contributed by atoms with Gasteiger partial charge in [0.2, 0.25) is 0 Å². The largest absolute Gasteiger partial charge is 0.462 e. The second-order valence-electron chi connectivity index (χ2n) is 4.41. The van der Waals surface area contributed by atoms with E-state index < -0.39 is 18.1 Å². The van der Waals surface area contributed by atoms with Gasteiger partial charge in [0.05, 0.1) is 12.5 Å². The minimum Gasteiger partial charge on any atom is -0.462 e. The molecule has 1 fully saturated rings. The maximum Gasteiger partial charge on any atom is 0.343 e. The van der Waals surface area contributed by atoms with E-state index in [9.17, 15) is 14.7 Å². The van der Waals surface area contributed by atoms with Crippen LogP contribution in [0.5, 0.6) is 0 Å². The molecule has 0 saturated carbocycles. The topological polar surface area (TPSA) is 66.8 Å². The third kappa shape index (κ3) is 1.84. The van der Waals surface area contributed by atoms with Crippen LogP contribution in [0.15, 0.2) is 11.3 Å². The average Bonchev–Trinajstić information content (AvgIpc) is 2.75. The number of aliphatic hydroxyl groups is 1. The maximum atomic E-state index is 12.0. The second-order valence-corrected chi connectivity index (χ2v) is 4.41. The Hall–Kier alpha value is -1.36. The Morgan fingerprint density at radius 3 is 2.94 bits per heavy atom. The number of fused-ring (bicyclic) bond motifs is 1. The van der Waals surface area contributed by atoms with Crippen LogP contribution in [0.2, 0.25) is 0 Å². The van der Waals surface area contributed by atoms with Crippen LogP contribution in [0.1, 0.15) is 26.7 Å². The van der Waals surface area contributed by atoms with Crippen molar-refractivity contribution in [2.75, 3.05) is 13.2 Å². The van der Waals surface area contributed by atoms with Gasteiger partial charge in [-0.3, -0.25) is 4.79 Å². The molecule has 2 aliphatic rings. The molecule has 2 atom stereocenters. The predicted molar refractivity (Wildman–Crippen MR) is 59.8 cm³/mol. The summed E-state index contributed by atoms with van der Waals surface area (Å²) >= 11 is 0. The Labute approximate surface area is 100 Å². The number of hydrogen-bond donors (Lipinski definition) is 1. The van der Waals surface area contributed by atoms with Crippen LogP contribution in [0.25, 0.3) is 0 Å². The molecule has 0 aromatic carbocycles. The van der Waals surface area contributed by atoms with Crippen molar-refractivity contribution in [1.29, 1.82) is 0 Å². The van der Waals surface area contributed by atoms with Crippen molar-refractivity contribution in [2.45, 2.75) is 32.9 Å². The molecular formula is C12H17NO4. The third-order valence-corrected chi connectivity index (χ3v) is 3.35. The van der Waals surface area contributed by atoms with Crippen LogP contribution in [0, 0.1) is 5.92 Å². The highest BCUT2D eigenvalue weighted by Crippen LogP contribution is 2.35. The molecule has 2 rings (SSSR count). The van der Waals surface area contributed by atoms with Crippen molar-refractivity contribution in [3.8, 4) is 0 Å². The first-order valence-electron chi connectivity index (χ1n) is 5.97. The van der Waals surface area contributed by atoms with Gasteiger partial charge in [-0.2, -0.15) is 0 Å². The number of carbonyl (C=O) groups excluding carboxylic acids is 2. The lowest BCUT2D eigenvalue weighted by Gasteiger charge is -2.35. The lowest BCUT2D eigenvalue weighted by Crippen LogP contribution is -2.46. The quantitative estimate of drug-likeness (QED) is 0.559. The van der Waals surface area contributed by atoms with Gasteiger partial charge in [0, 0.05) is 12.2 Å². The molecule has 5 heteroatoms. The summed E-state index contributed by atoms with van der Waals surface area (Å²) < 4.78 is 4.92. The summed E-state index contributed by atoms with van der Waals surface area (Å²) in [6.45, 7) is 4.29. The zero-order valence-electron chi connectivity index (χ0n) is 10.1. The van der Waals surface area contributed by atoms with Crippen LogP contribution in [0.4, 0.5) is 0 Å². The molecule has 0 spiro atoms. The summed E-state index contributed by atoms with van der Waals surface area (Å²) in [6, 6.07) is 0. The lowest BCUT2D eigenvalue weighted by atomic mass is 9.91.